The highest BCUT2D eigenvalue weighted by Gasteiger charge is 2.31. The van der Waals surface area contributed by atoms with Gasteiger partial charge in [-0.25, -0.2) is 0 Å². The maximum Gasteiger partial charge on any atom is 0.223 e. The van der Waals surface area contributed by atoms with Gasteiger partial charge in [-0.3, -0.25) is 4.79 Å². The Hall–Kier alpha value is -1.35. The lowest BCUT2D eigenvalue weighted by Gasteiger charge is -2.06. The summed E-state index contributed by atoms with van der Waals surface area (Å²) in [4.78, 5) is 11.5. The van der Waals surface area contributed by atoms with Gasteiger partial charge in [-0.2, -0.15) is 0 Å². The van der Waals surface area contributed by atoms with Crippen molar-refractivity contribution >= 4 is 5.91 Å². The van der Waals surface area contributed by atoms with Crippen LogP contribution in [0.3, 0.4) is 0 Å². The maximum absolute atomic E-state index is 11.5. The molecule has 3 nitrogen and oxygen atoms in total. The van der Waals surface area contributed by atoms with Crippen LogP contribution < -0.4 is 5.32 Å². The van der Waals surface area contributed by atoms with E-state index >= 15 is 0 Å². The van der Waals surface area contributed by atoms with Gasteiger partial charge in [0, 0.05) is 5.92 Å². The highest BCUT2D eigenvalue weighted by molar-refractivity contribution is 5.81. The van der Waals surface area contributed by atoms with Crippen LogP contribution in [0.2, 0.25) is 0 Å². The zero-order valence-corrected chi connectivity index (χ0v) is 8.52. The zero-order valence-electron chi connectivity index (χ0n) is 8.52. The summed E-state index contributed by atoms with van der Waals surface area (Å²) < 4.78 is 0. The Morgan fingerprint density at radius 2 is 2.07 bits per heavy atom. The number of rotatable bonds is 3. The molecule has 2 unspecified atom stereocenters. The lowest BCUT2D eigenvalue weighted by molar-refractivity contribution is -0.122. The van der Waals surface area contributed by atoms with Gasteiger partial charge in [-0.1, -0.05) is 30.3 Å². The predicted octanol–water partition coefficient (Wildman–Crippen LogP) is 0.726. The molecule has 0 saturated carbocycles. The van der Waals surface area contributed by atoms with Gasteiger partial charge in [0.05, 0.1) is 12.6 Å². The smallest absolute Gasteiger partial charge is 0.223 e. The number of carbonyl (C=O) groups is 1. The second-order valence-electron chi connectivity index (χ2n) is 4.01. The Kier molecular flexibility index (Phi) is 3.02. The zero-order chi connectivity index (χ0) is 10.7. The van der Waals surface area contributed by atoms with Gasteiger partial charge in [0.25, 0.3) is 0 Å². The number of benzene rings is 1. The van der Waals surface area contributed by atoms with E-state index in [9.17, 15) is 4.79 Å². The minimum atomic E-state index is -0.0498. The molecule has 0 spiro atoms. The van der Waals surface area contributed by atoms with Gasteiger partial charge in [0.1, 0.15) is 0 Å². The van der Waals surface area contributed by atoms with Crippen molar-refractivity contribution in [2.24, 2.45) is 5.92 Å². The van der Waals surface area contributed by atoms with Crippen LogP contribution in [0.5, 0.6) is 0 Å². The number of carbonyl (C=O) groups excluding carboxylic acids is 1. The molecule has 1 saturated heterocycles. The van der Waals surface area contributed by atoms with Gasteiger partial charge < -0.3 is 10.4 Å². The molecule has 2 N–H and O–H groups in total. The lowest BCUT2D eigenvalue weighted by atomic mass is 9.96. The van der Waals surface area contributed by atoms with Gasteiger partial charge in [-0.05, 0) is 18.4 Å². The first-order valence-electron chi connectivity index (χ1n) is 5.24. The van der Waals surface area contributed by atoms with Crippen molar-refractivity contribution < 1.29 is 9.90 Å². The van der Waals surface area contributed by atoms with E-state index in [1.807, 2.05) is 30.3 Å². The van der Waals surface area contributed by atoms with Crippen molar-refractivity contribution in [2.45, 2.75) is 18.9 Å². The Bertz CT molecular complexity index is 337. The van der Waals surface area contributed by atoms with Crippen molar-refractivity contribution in [3.05, 3.63) is 35.9 Å². The Labute approximate surface area is 89.1 Å². The predicted molar refractivity (Wildman–Crippen MR) is 57.3 cm³/mol. The van der Waals surface area contributed by atoms with Crippen molar-refractivity contribution in [1.29, 1.82) is 0 Å². The largest absolute Gasteiger partial charge is 0.394 e. The van der Waals surface area contributed by atoms with E-state index in [2.05, 4.69) is 5.32 Å². The Morgan fingerprint density at radius 3 is 2.67 bits per heavy atom. The molecule has 1 fully saturated rings. The summed E-state index contributed by atoms with van der Waals surface area (Å²) in [5, 5.41) is 11.7. The molecule has 2 atom stereocenters. The average Bonchev–Trinajstić information content (AvgIpc) is 2.61. The number of hydrogen-bond donors (Lipinski definition) is 2. The monoisotopic (exact) mass is 205 g/mol. The minimum Gasteiger partial charge on any atom is -0.394 e. The first-order valence-corrected chi connectivity index (χ1v) is 5.24. The molecule has 3 heteroatoms. The first-order chi connectivity index (χ1) is 7.29. The third-order valence-corrected chi connectivity index (χ3v) is 2.83. The van der Waals surface area contributed by atoms with E-state index in [0.29, 0.717) is 0 Å². The number of amides is 1. The first kappa shape index (κ1) is 10.2. The molecule has 1 aromatic carbocycles. The number of nitrogens with one attached hydrogen (secondary N) is 1. The molecule has 2 rings (SSSR count). The Balaban J connectivity index is 1.99. The van der Waals surface area contributed by atoms with Gasteiger partial charge in [0.2, 0.25) is 5.91 Å². The summed E-state index contributed by atoms with van der Waals surface area (Å²) in [6.45, 7) is 0.0387. The molecular weight excluding hydrogens is 190 g/mol. The van der Waals surface area contributed by atoms with Gasteiger partial charge in [0.15, 0.2) is 0 Å². The fourth-order valence-electron chi connectivity index (χ4n) is 2.02. The van der Waals surface area contributed by atoms with E-state index in [-0.39, 0.29) is 24.5 Å². The second kappa shape index (κ2) is 4.45. The van der Waals surface area contributed by atoms with Crippen LogP contribution in [0.25, 0.3) is 0 Å². The summed E-state index contributed by atoms with van der Waals surface area (Å²) in [5.41, 5.74) is 1.18. The highest BCUT2D eigenvalue weighted by Crippen LogP contribution is 2.19. The molecule has 1 heterocycles. The number of aliphatic hydroxyl groups is 1. The third-order valence-electron chi connectivity index (χ3n) is 2.83. The average molecular weight is 205 g/mol. The maximum atomic E-state index is 11.5. The van der Waals surface area contributed by atoms with E-state index in [4.69, 9.17) is 5.11 Å². The highest BCUT2D eigenvalue weighted by atomic mass is 16.3. The van der Waals surface area contributed by atoms with E-state index in [0.717, 1.165) is 12.8 Å². The molecule has 1 amide bonds. The van der Waals surface area contributed by atoms with E-state index in [1.165, 1.54) is 5.56 Å². The molecule has 80 valence electrons. The van der Waals surface area contributed by atoms with Crippen LogP contribution in [-0.4, -0.2) is 23.7 Å². The normalized spacial score (nSPS) is 25.3. The van der Waals surface area contributed by atoms with Crippen LogP contribution in [0.15, 0.2) is 30.3 Å². The fraction of sp³-hybridized carbons (Fsp3) is 0.417. The van der Waals surface area contributed by atoms with Crippen LogP contribution in [0, 0.1) is 5.92 Å². The molecule has 1 aliphatic rings. The lowest BCUT2D eigenvalue weighted by Crippen LogP contribution is -2.29. The molecule has 0 aromatic heterocycles. The van der Waals surface area contributed by atoms with Crippen LogP contribution in [0.1, 0.15) is 12.0 Å². The number of hydrogen-bond acceptors (Lipinski definition) is 2. The Morgan fingerprint density at radius 1 is 1.33 bits per heavy atom. The number of aliphatic hydroxyl groups excluding tert-OH is 1. The van der Waals surface area contributed by atoms with Crippen LogP contribution in [0.4, 0.5) is 0 Å². The van der Waals surface area contributed by atoms with Gasteiger partial charge in [-0.15, -0.1) is 0 Å². The minimum absolute atomic E-state index is 0.0181. The fourth-order valence-corrected chi connectivity index (χ4v) is 2.02. The summed E-state index contributed by atoms with van der Waals surface area (Å²) in [7, 11) is 0. The summed E-state index contributed by atoms with van der Waals surface area (Å²) >= 11 is 0. The van der Waals surface area contributed by atoms with Crippen molar-refractivity contribution in [2.75, 3.05) is 6.61 Å². The second-order valence-corrected chi connectivity index (χ2v) is 4.01. The van der Waals surface area contributed by atoms with Crippen molar-refractivity contribution in [1.82, 2.24) is 5.32 Å². The van der Waals surface area contributed by atoms with Crippen LogP contribution >= 0.6 is 0 Å². The summed E-state index contributed by atoms with van der Waals surface area (Å²) in [6.07, 6.45) is 1.51. The van der Waals surface area contributed by atoms with Crippen molar-refractivity contribution in [3.8, 4) is 0 Å². The van der Waals surface area contributed by atoms with E-state index in [1.54, 1.807) is 0 Å². The van der Waals surface area contributed by atoms with Gasteiger partial charge >= 0.3 is 0 Å². The molecule has 0 radical (unpaired) electrons. The molecular formula is C12H15NO2. The topological polar surface area (TPSA) is 49.3 Å². The standard InChI is InChI=1S/C12H15NO2/c14-8-11-7-10(12(15)13-11)6-9-4-2-1-3-5-9/h1-5,10-11,14H,6-8H2,(H,13,15). The molecule has 1 aliphatic heterocycles. The summed E-state index contributed by atoms with van der Waals surface area (Å²) in [6, 6.07) is 9.93. The SMILES string of the molecule is O=C1NC(CO)CC1Cc1ccccc1. The molecule has 1 aromatic rings. The van der Waals surface area contributed by atoms with E-state index < -0.39 is 0 Å². The molecule has 15 heavy (non-hydrogen) atoms. The molecule has 0 aliphatic carbocycles. The van der Waals surface area contributed by atoms with Crippen LogP contribution in [-0.2, 0) is 11.2 Å². The quantitative estimate of drug-likeness (QED) is 0.764. The van der Waals surface area contributed by atoms with Crippen molar-refractivity contribution in [3.63, 3.8) is 0 Å². The third kappa shape index (κ3) is 2.36. The molecule has 0 bridgehead atoms. The summed E-state index contributed by atoms with van der Waals surface area (Å²) in [5.74, 6) is 0.0856.